The molecule has 0 unspecified atom stereocenters. The zero-order chi connectivity index (χ0) is 10.5. The molecule has 1 aromatic heterocycles. The van der Waals surface area contributed by atoms with Crippen LogP contribution in [-0.2, 0) is 6.42 Å². The van der Waals surface area contributed by atoms with Crippen LogP contribution in [0.15, 0.2) is 30.3 Å². The minimum Gasteiger partial charge on any atom is -0.320 e. The number of benzene rings is 1. The van der Waals surface area contributed by atoms with E-state index >= 15 is 0 Å². The third kappa shape index (κ3) is 2.31. The second-order valence-electron chi connectivity index (χ2n) is 2.88. The fraction of sp³-hybridized carbons (Fsp3) is 0.100. The molecule has 5 nitrogen and oxygen atoms in total. The second-order valence-corrected chi connectivity index (χ2v) is 2.88. The maximum absolute atomic E-state index is 5.43. The molecule has 2 aromatic rings. The van der Waals surface area contributed by atoms with Crippen LogP contribution in [0.4, 0.5) is 0 Å². The minimum absolute atomic E-state index is 0.443. The van der Waals surface area contributed by atoms with Crippen molar-refractivity contribution in [1.29, 1.82) is 0 Å². The van der Waals surface area contributed by atoms with Crippen LogP contribution in [0.2, 0.25) is 0 Å². The molecule has 15 heavy (non-hydrogen) atoms. The topological polar surface area (TPSA) is 69.6 Å². The summed E-state index contributed by atoms with van der Waals surface area (Å²) in [6.07, 6.45) is 0.443. The van der Waals surface area contributed by atoms with Crippen molar-refractivity contribution in [2.24, 2.45) is 0 Å². The normalized spacial score (nSPS) is 9.33. The van der Waals surface area contributed by atoms with Crippen LogP contribution in [0, 0.1) is 11.8 Å². The lowest BCUT2D eigenvalue weighted by Gasteiger charge is -1.90. The molecule has 0 aliphatic carbocycles. The summed E-state index contributed by atoms with van der Waals surface area (Å²) in [5, 5.41) is 10.6. The smallest absolute Gasteiger partial charge is 0.185 e. The number of rotatable bonds is 1. The first kappa shape index (κ1) is 9.21. The van der Waals surface area contributed by atoms with E-state index in [1.807, 2.05) is 30.3 Å². The average molecular weight is 199 g/mol. The summed E-state index contributed by atoms with van der Waals surface area (Å²) in [7, 11) is 0. The number of nitrogens with two attached hydrogens (primary N) is 1. The number of tetrazole rings is 1. The Bertz CT molecular complexity index is 491. The fourth-order valence-corrected chi connectivity index (χ4v) is 1.08. The van der Waals surface area contributed by atoms with Crippen molar-refractivity contribution < 1.29 is 0 Å². The zero-order valence-electron chi connectivity index (χ0n) is 7.96. The van der Waals surface area contributed by atoms with Crippen molar-refractivity contribution in [2.45, 2.75) is 6.42 Å². The summed E-state index contributed by atoms with van der Waals surface area (Å²) >= 11 is 0. The molecule has 0 saturated heterocycles. The van der Waals surface area contributed by atoms with E-state index in [-0.39, 0.29) is 0 Å². The third-order valence-electron chi connectivity index (χ3n) is 1.81. The van der Waals surface area contributed by atoms with Crippen molar-refractivity contribution in [3.8, 4) is 11.8 Å². The first-order valence-corrected chi connectivity index (χ1v) is 4.42. The third-order valence-corrected chi connectivity index (χ3v) is 1.81. The average Bonchev–Trinajstić information content (AvgIpc) is 2.66. The van der Waals surface area contributed by atoms with Gasteiger partial charge in [0.1, 0.15) is 0 Å². The van der Waals surface area contributed by atoms with E-state index in [2.05, 4.69) is 27.4 Å². The molecule has 0 fully saturated rings. The van der Waals surface area contributed by atoms with E-state index in [1.54, 1.807) is 0 Å². The molecule has 0 amide bonds. The lowest BCUT2D eigenvalue weighted by molar-refractivity contribution is 0.738. The van der Waals surface area contributed by atoms with Crippen LogP contribution in [0.5, 0.6) is 0 Å². The standard InChI is InChI=1S/C10H9N5/c11-15-10(12-13-14-15)8-4-7-9-5-2-1-3-6-9/h1-3,5-6H,8,11H2. The molecule has 1 heterocycles. The molecule has 0 spiro atoms. The molecule has 0 saturated carbocycles. The van der Waals surface area contributed by atoms with E-state index in [9.17, 15) is 0 Å². The van der Waals surface area contributed by atoms with E-state index in [0.717, 1.165) is 10.4 Å². The summed E-state index contributed by atoms with van der Waals surface area (Å²) in [5.41, 5.74) is 0.966. The van der Waals surface area contributed by atoms with Gasteiger partial charge in [-0.15, -0.1) is 9.89 Å². The van der Waals surface area contributed by atoms with Gasteiger partial charge >= 0.3 is 0 Å². The maximum Gasteiger partial charge on any atom is 0.185 e. The van der Waals surface area contributed by atoms with Gasteiger partial charge in [-0.3, -0.25) is 0 Å². The molecule has 0 radical (unpaired) electrons. The number of nitrogens with zero attached hydrogens (tertiary/aromatic N) is 4. The fourth-order valence-electron chi connectivity index (χ4n) is 1.08. The van der Waals surface area contributed by atoms with Gasteiger partial charge in [-0.05, 0) is 22.6 Å². The van der Waals surface area contributed by atoms with Crippen LogP contribution in [0.1, 0.15) is 11.4 Å². The van der Waals surface area contributed by atoms with Gasteiger partial charge in [0.2, 0.25) is 0 Å². The Hall–Kier alpha value is -2.35. The van der Waals surface area contributed by atoms with Crippen LogP contribution >= 0.6 is 0 Å². The lowest BCUT2D eigenvalue weighted by Crippen LogP contribution is -2.14. The minimum atomic E-state index is 0.443. The SMILES string of the molecule is Nn1nnnc1CC#Cc1ccccc1. The number of nitrogen functional groups attached to an aromatic ring is 1. The van der Waals surface area contributed by atoms with Gasteiger partial charge in [0.25, 0.3) is 0 Å². The van der Waals surface area contributed by atoms with Crippen LogP contribution < -0.4 is 5.84 Å². The molecule has 5 heteroatoms. The van der Waals surface area contributed by atoms with Gasteiger partial charge < -0.3 is 5.84 Å². The van der Waals surface area contributed by atoms with Crippen molar-refractivity contribution in [1.82, 2.24) is 20.3 Å². The predicted molar refractivity (Wildman–Crippen MR) is 55.0 cm³/mol. The molecule has 0 aliphatic rings. The molecular formula is C10H9N5. The number of hydrogen-bond donors (Lipinski definition) is 1. The largest absolute Gasteiger partial charge is 0.320 e. The Labute approximate surface area is 86.9 Å². The van der Waals surface area contributed by atoms with E-state index in [4.69, 9.17) is 5.84 Å². The highest BCUT2D eigenvalue weighted by Gasteiger charge is 1.98. The van der Waals surface area contributed by atoms with Crippen molar-refractivity contribution >= 4 is 0 Å². The predicted octanol–water partition coefficient (Wildman–Crippen LogP) is -0.0189. The molecule has 2 rings (SSSR count). The van der Waals surface area contributed by atoms with E-state index in [0.29, 0.717) is 12.2 Å². The molecule has 0 aliphatic heterocycles. The van der Waals surface area contributed by atoms with E-state index < -0.39 is 0 Å². The van der Waals surface area contributed by atoms with Crippen LogP contribution in [0.3, 0.4) is 0 Å². The molecule has 74 valence electrons. The Morgan fingerprint density at radius 1 is 1.27 bits per heavy atom. The summed E-state index contributed by atoms with van der Waals surface area (Å²) in [6.45, 7) is 0. The van der Waals surface area contributed by atoms with Crippen molar-refractivity contribution in [2.75, 3.05) is 5.84 Å². The maximum atomic E-state index is 5.43. The molecule has 0 bridgehead atoms. The van der Waals surface area contributed by atoms with Crippen LogP contribution in [-0.4, -0.2) is 20.3 Å². The Morgan fingerprint density at radius 2 is 2.07 bits per heavy atom. The molecule has 1 aromatic carbocycles. The summed E-state index contributed by atoms with van der Waals surface area (Å²) in [6, 6.07) is 9.72. The summed E-state index contributed by atoms with van der Waals surface area (Å²) in [4.78, 5) is 1.12. The number of aromatic nitrogens is 4. The second kappa shape index (κ2) is 4.24. The summed E-state index contributed by atoms with van der Waals surface area (Å²) < 4.78 is 0. The number of hydrogen-bond acceptors (Lipinski definition) is 4. The van der Waals surface area contributed by atoms with E-state index in [1.165, 1.54) is 0 Å². The molecule has 2 N–H and O–H groups in total. The quantitative estimate of drug-likeness (QED) is 0.517. The Morgan fingerprint density at radius 3 is 2.73 bits per heavy atom. The highest BCUT2D eigenvalue weighted by molar-refractivity contribution is 5.34. The van der Waals surface area contributed by atoms with Gasteiger partial charge in [0.05, 0.1) is 6.42 Å². The highest BCUT2D eigenvalue weighted by Crippen LogP contribution is 1.95. The lowest BCUT2D eigenvalue weighted by atomic mass is 10.2. The van der Waals surface area contributed by atoms with Gasteiger partial charge in [-0.1, -0.05) is 30.0 Å². The first-order chi connectivity index (χ1) is 7.36. The Balaban J connectivity index is 2.06. The van der Waals surface area contributed by atoms with Gasteiger partial charge in [0.15, 0.2) is 5.82 Å². The van der Waals surface area contributed by atoms with Gasteiger partial charge in [0, 0.05) is 5.56 Å². The monoisotopic (exact) mass is 199 g/mol. The van der Waals surface area contributed by atoms with Crippen molar-refractivity contribution in [3.63, 3.8) is 0 Å². The highest BCUT2D eigenvalue weighted by atomic mass is 15.6. The van der Waals surface area contributed by atoms with Crippen molar-refractivity contribution in [3.05, 3.63) is 41.7 Å². The summed E-state index contributed by atoms with van der Waals surface area (Å²) in [5.74, 6) is 11.9. The molecular weight excluding hydrogens is 190 g/mol. The first-order valence-electron chi connectivity index (χ1n) is 4.42. The molecule has 0 atom stereocenters. The zero-order valence-corrected chi connectivity index (χ0v) is 7.96. The van der Waals surface area contributed by atoms with Gasteiger partial charge in [-0.2, -0.15) is 0 Å². The van der Waals surface area contributed by atoms with Gasteiger partial charge in [-0.25, -0.2) is 0 Å². The Kier molecular flexibility index (Phi) is 2.61. The van der Waals surface area contributed by atoms with Crippen LogP contribution in [0.25, 0.3) is 0 Å².